The van der Waals surface area contributed by atoms with Gasteiger partial charge in [0.15, 0.2) is 0 Å². The van der Waals surface area contributed by atoms with Crippen molar-refractivity contribution in [2.75, 3.05) is 0 Å². The molecule has 0 saturated heterocycles. The molecule has 0 radical (unpaired) electrons. The average molecular weight is 503 g/mol. The van der Waals surface area contributed by atoms with Gasteiger partial charge in [0, 0.05) is 20.4 Å². The van der Waals surface area contributed by atoms with Gasteiger partial charge < -0.3 is 0 Å². The summed E-state index contributed by atoms with van der Waals surface area (Å²) < 4.78 is 1.37. The second-order valence-corrected chi connectivity index (χ2v) is 11.9. The second-order valence-electron chi connectivity index (χ2n) is 10.9. The lowest BCUT2D eigenvalue weighted by Gasteiger charge is -2.23. The van der Waals surface area contributed by atoms with Crippen molar-refractivity contribution in [1.82, 2.24) is 0 Å². The maximum absolute atomic E-state index is 2.40. The van der Waals surface area contributed by atoms with Gasteiger partial charge in [-0.1, -0.05) is 129 Å². The Kier molecular flexibility index (Phi) is 4.54. The molecule has 1 aliphatic rings. The molecule has 1 aromatic heterocycles. The zero-order valence-electron chi connectivity index (χ0n) is 21.5. The highest BCUT2D eigenvalue weighted by molar-refractivity contribution is 7.22. The highest BCUT2D eigenvalue weighted by Crippen LogP contribution is 2.57. The summed E-state index contributed by atoms with van der Waals surface area (Å²) in [4.78, 5) is 1.43. The van der Waals surface area contributed by atoms with E-state index < -0.39 is 0 Å². The molecule has 0 N–H and O–H groups in total. The van der Waals surface area contributed by atoms with Gasteiger partial charge in [0.2, 0.25) is 0 Å². The van der Waals surface area contributed by atoms with Crippen LogP contribution in [0, 0.1) is 0 Å². The van der Waals surface area contributed by atoms with Crippen molar-refractivity contribution in [3.8, 4) is 32.7 Å². The fourth-order valence-electron chi connectivity index (χ4n) is 6.84. The van der Waals surface area contributed by atoms with Gasteiger partial charge in [-0.2, -0.15) is 0 Å². The fourth-order valence-corrected chi connectivity index (χ4v) is 8.27. The first-order chi connectivity index (χ1) is 18.6. The lowest BCUT2D eigenvalue weighted by Crippen LogP contribution is -2.15. The Bertz CT molecular complexity index is 1980. The van der Waals surface area contributed by atoms with Crippen molar-refractivity contribution >= 4 is 43.0 Å². The van der Waals surface area contributed by atoms with Crippen molar-refractivity contribution < 1.29 is 0 Å². The van der Waals surface area contributed by atoms with Crippen molar-refractivity contribution in [2.24, 2.45) is 0 Å². The smallest absolute Gasteiger partial charge is 0.0399 e. The molecule has 0 atom stereocenters. The van der Waals surface area contributed by atoms with Crippen LogP contribution in [0.1, 0.15) is 25.0 Å². The van der Waals surface area contributed by atoms with Crippen LogP contribution >= 0.6 is 11.3 Å². The molecule has 0 amide bonds. The van der Waals surface area contributed by atoms with Crippen LogP contribution in [-0.4, -0.2) is 0 Å². The van der Waals surface area contributed by atoms with E-state index in [-0.39, 0.29) is 5.41 Å². The SMILES string of the molecule is CC1(C)c2ccccc2-c2sc3cccc(-c4c5ccccc5c(-c5ccccc5)c5ccccc45)c3c21. The van der Waals surface area contributed by atoms with Crippen LogP contribution in [0.4, 0.5) is 0 Å². The Morgan fingerprint density at radius 3 is 1.74 bits per heavy atom. The van der Waals surface area contributed by atoms with Gasteiger partial charge in [-0.05, 0) is 66.6 Å². The Morgan fingerprint density at radius 2 is 1.05 bits per heavy atom. The molecule has 0 fully saturated rings. The van der Waals surface area contributed by atoms with Gasteiger partial charge in [-0.15, -0.1) is 11.3 Å². The van der Waals surface area contributed by atoms with E-state index in [0.29, 0.717) is 0 Å². The highest BCUT2D eigenvalue weighted by Gasteiger charge is 2.39. The number of thiophene rings is 1. The van der Waals surface area contributed by atoms with Crippen molar-refractivity contribution in [1.29, 1.82) is 0 Å². The summed E-state index contributed by atoms with van der Waals surface area (Å²) in [5.74, 6) is 0. The largest absolute Gasteiger partial charge is 0.135 e. The molecule has 0 bridgehead atoms. The minimum atomic E-state index is -0.0458. The van der Waals surface area contributed by atoms with E-state index in [1.54, 1.807) is 0 Å². The number of hydrogen-bond donors (Lipinski definition) is 0. The molecule has 7 aromatic rings. The van der Waals surface area contributed by atoms with Crippen molar-refractivity contribution in [3.05, 3.63) is 132 Å². The molecule has 1 heterocycles. The molecule has 8 rings (SSSR count). The van der Waals surface area contributed by atoms with Crippen LogP contribution in [0.25, 0.3) is 64.3 Å². The van der Waals surface area contributed by atoms with Gasteiger partial charge in [0.25, 0.3) is 0 Å². The monoisotopic (exact) mass is 502 g/mol. The van der Waals surface area contributed by atoms with Gasteiger partial charge in [0.05, 0.1) is 0 Å². The Hall–Kier alpha value is -4.20. The van der Waals surface area contributed by atoms with Crippen LogP contribution in [0.2, 0.25) is 0 Å². The van der Waals surface area contributed by atoms with Crippen LogP contribution in [-0.2, 0) is 5.41 Å². The lowest BCUT2D eigenvalue weighted by molar-refractivity contribution is 0.667. The van der Waals surface area contributed by atoms with Crippen LogP contribution in [0.3, 0.4) is 0 Å². The first-order valence-corrected chi connectivity index (χ1v) is 14.1. The van der Waals surface area contributed by atoms with E-state index in [9.17, 15) is 0 Å². The molecule has 6 aromatic carbocycles. The summed E-state index contributed by atoms with van der Waals surface area (Å²) >= 11 is 1.95. The molecule has 38 heavy (non-hydrogen) atoms. The molecular weight excluding hydrogens is 476 g/mol. The lowest BCUT2D eigenvalue weighted by atomic mass is 9.79. The third-order valence-corrected chi connectivity index (χ3v) is 9.64. The number of hydrogen-bond acceptors (Lipinski definition) is 1. The van der Waals surface area contributed by atoms with Gasteiger partial charge in [-0.3, -0.25) is 0 Å². The predicted octanol–water partition coefficient (Wildman–Crippen LogP) is 10.8. The van der Waals surface area contributed by atoms with E-state index in [1.807, 2.05) is 11.3 Å². The summed E-state index contributed by atoms with van der Waals surface area (Å²) in [6, 6.07) is 44.7. The molecule has 0 nitrogen and oxygen atoms in total. The zero-order valence-corrected chi connectivity index (χ0v) is 22.3. The van der Waals surface area contributed by atoms with E-state index in [0.717, 1.165) is 0 Å². The molecule has 1 aliphatic carbocycles. The molecule has 1 heteroatoms. The predicted molar refractivity (Wildman–Crippen MR) is 165 cm³/mol. The van der Waals surface area contributed by atoms with Crippen LogP contribution in [0.15, 0.2) is 121 Å². The third kappa shape index (κ3) is 2.85. The van der Waals surface area contributed by atoms with Gasteiger partial charge >= 0.3 is 0 Å². The molecular formula is C37H26S. The topological polar surface area (TPSA) is 0 Å². The maximum atomic E-state index is 2.40. The third-order valence-electron chi connectivity index (χ3n) is 8.45. The first kappa shape index (κ1) is 21.8. The summed E-state index contributed by atoms with van der Waals surface area (Å²) in [5.41, 5.74) is 9.53. The number of fused-ring (bicyclic) bond motifs is 7. The molecule has 0 aliphatic heterocycles. The Labute approximate surface area is 226 Å². The van der Waals surface area contributed by atoms with E-state index in [1.165, 1.54) is 75.5 Å². The fraction of sp³-hybridized carbons (Fsp3) is 0.0811. The minimum Gasteiger partial charge on any atom is -0.135 e. The van der Waals surface area contributed by atoms with E-state index in [4.69, 9.17) is 0 Å². The van der Waals surface area contributed by atoms with E-state index >= 15 is 0 Å². The average Bonchev–Trinajstić information content (AvgIpc) is 3.46. The molecule has 0 spiro atoms. The van der Waals surface area contributed by atoms with Gasteiger partial charge in [-0.25, -0.2) is 0 Å². The number of benzene rings is 6. The zero-order chi connectivity index (χ0) is 25.4. The standard InChI is InChI=1S/C37H26S/c1-37(2)30-21-11-10-19-28(30)36-35(37)34-29(20-12-22-31(34)38-36)33-26-17-8-6-15-24(26)32(23-13-4-3-5-14-23)25-16-7-9-18-27(25)33/h3-22H,1-2H3. The van der Waals surface area contributed by atoms with E-state index in [2.05, 4.69) is 135 Å². The highest BCUT2D eigenvalue weighted by atomic mass is 32.1. The quantitative estimate of drug-likeness (QED) is 0.206. The van der Waals surface area contributed by atoms with Crippen molar-refractivity contribution in [2.45, 2.75) is 19.3 Å². The summed E-state index contributed by atoms with van der Waals surface area (Å²) in [5, 5.41) is 6.64. The summed E-state index contributed by atoms with van der Waals surface area (Å²) in [6.07, 6.45) is 0. The minimum absolute atomic E-state index is 0.0458. The summed E-state index contributed by atoms with van der Waals surface area (Å²) in [6.45, 7) is 4.80. The molecule has 180 valence electrons. The molecule has 0 saturated carbocycles. The van der Waals surface area contributed by atoms with Gasteiger partial charge in [0.1, 0.15) is 0 Å². The molecule has 0 unspecified atom stereocenters. The maximum Gasteiger partial charge on any atom is 0.0399 e. The second kappa shape index (κ2) is 7.90. The Morgan fingerprint density at radius 1 is 0.500 bits per heavy atom. The van der Waals surface area contributed by atoms with Crippen LogP contribution in [0.5, 0.6) is 0 Å². The number of rotatable bonds is 2. The van der Waals surface area contributed by atoms with Crippen LogP contribution < -0.4 is 0 Å². The first-order valence-electron chi connectivity index (χ1n) is 13.3. The summed E-state index contributed by atoms with van der Waals surface area (Å²) in [7, 11) is 0. The Balaban J connectivity index is 1.55. The normalized spacial score (nSPS) is 13.7. The van der Waals surface area contributed by atoms with Crippen molar-refractivity contribution in [3.63, 3.8) is 0 Å².